The van der Waals surface area contributed by atoms with Gasteiger partial charge in [0, 0.05) is 0 Å². The minimum absolute atomic E-state index is 0.778. The normalized spacial score (nSPS) is 11.0. The Morgan fingerprint density at radius 2 is 2.15 bits per heavy atom. The molecule has 0 aliphatic heterocycles. The first-order valence-corrected chi connectivity index (χ1v) is 4.45. The lowest BCUT2D eigenvalue weighted by Gasteiger charge is -2.02. The maximum Gasteiger partial charge on any atom is 0.0994 e. The van der Waals surface area contributed by atoms with Crippen molar-refractivity contribution in [3.63, 3.8) is 0 Å². The van der Waals surface area contributed by atoms with Crippen LogP contribution in [0.1, 0.15) is 24.5 Å². The molecule has 0 atom stereocenters. The maximum atomic E-state index is 8.92. The van der Waals surface area contributed by atoms with Crippen LogP contribution in [0, 0.1) is 18.3 Å². The summed E-state index contributed by atoms with van der Waals surface area (Å²) in [4.78, 5) is 0. The highest BCUT2D eigenvalue weighted by Gasteiger charge is 2.01. The lowest BCUT2D eigenvalue weighted by Crippen LogP contribution is -1.85. The molecule has 1 heteroatoms. The summed E-state index contributed by atoms with van der Waals surface area (Å²) in [7, 11) is 0. The van der Waals surface area contributed by atoms with Crippen molar-refractivity contribution in [1.29, 1.82) is 5.26 Å². The highest BCUT2D eigenvalue weighted by Crippen LogP contribution is 2.17. The number of nitrogens with zero attached hydrogens (tertiary/aromatic N) is 1. The van der Waals surface area contributed by atoms with Gasteiger partial charge >= 0.3 is 0 Å². The Labute approximate surface area is 79.3 Å². The molecule has 1 aromatic carbocycles. The zero-order valence-electron chi connectivity index (χ0n) is 8.04. The molecular formula is C12H13N. The summed E-state index contributed by atoms with van der Waals surface area (Å²) in [5.41, 5.74) is 2.98. The zero-order valence-corrected chi connectivity index (χ0v) is 8.04. The molecule has 0 saturated heterocycles. The molecule has 1 nitrogen and oxygen atoms in total. The smallest absolute Gasteiger partial charge is 0.0994 e. The zero-order chi connectivity index (χ0) is 9.68. The molecular weight excluding hydrogens is 158 g/mol. The van der Waals surface area contributed by atoms with Crippen LogP contribution in [0.5, 0.6) is 0 Å². The Bertz CT molecular complexity index is 356. The summed E-state index contributed by atoms with van der Waals surface area (Å²) >= 11 is 0. The first kappa shape index (κ1) is 9.54. The van der Waals surface area contributed by atoms with Gasteiger partial charge in [0.05, 0.1) is 11.6 Å². The predicted octanol–water partition coefficient (Wildman–Crippen LogP) is 3.31. The Kier molecular flexibility index (Phi) is 3.28. The minimum atomic E-state index is 0.778. The number of aryl methyl sites for hydroxylation is 1. The fourth-order valence-corrected chi connectivity index (χ4v) is 1.30. The molecule has 66 valence electrons. The van der Waals surface area contributed by atoms with Gasteiger partial charge in [-0.25, -0.2) is 0 Å². The third kappa shape index (κ3) is 2.19. The van der Waals surface area contributed by atoms with Gasteiger partial charge in [0.2, 0.25) is 0 Å². The molecule has 1 rings (SSSR count). The Balaban J connectivity index is 3.14. The lowest BCUT2D eigenvalue weighted by atomic mass is 10.0. The summed E-state index contributed by atoms with van der Waals surface area (Å²) in [6, 6.07) is 10.2. The van der Waals surface area contributed by atoms with E-state index in [0.29, 0.717) is 0 Å². The number of hydrogen-bond donors (Lipinski definition) is 0. The van der Waals surface area contributed by atoms with Crippen molar-refractivity contribution < 1.29 is 0 Å². The van der Waals surface area contributed by atoms with Crippen LogP contribution in [0.2, 0.25) is 0 Å². The molecule has 0 saturated carbocycles. The van der Waals surface area contributed by atoms with Crippen LogP contribution in [0.25, 0.3) is 5.57 Å². The van der Waals surface area contributed by atoms with E-state index >= 15 is 0 Å². The quantitative estimate of drug-likeness (QED) is 0.626. The second-order valence-corrected chi connectivity index (χ2v) is 2.95. The van der Waals surface area contributed by atoms with Crippen molar-refractivity contribution in [3.8, 4) is 6.07 Å². The topological polar surface area (TPSA) is 23.8 Å². The van der Waals surface area contributed by atoms with Crippen LogP contribution < -0.4 is 0 Å². The van der Waals surface area contributed by atoms with Crippen molar-refractivity contribution >= 4 is 5.57 Å². The predicted molar refractivity (Wildman–Crippen MR) is 55.1 cm³/mol. The minimum Gasteiger partial charge on any atom is -0.192 e. The van der Waals surface area contributed by atoms with Gasteiger partial charge in [0.1, 0.15) is 0 Å². The van der Waals surface area contributed by atoms with Gasteiger partial charge in [-0.15, -0.1) is 0 Å². The molecule has 1 aromatic rings. The maximum absolute atomic E-state index is 8.92. The number of benzene rings is 1. The van der Waals surface area contributed by atoms with E-state index in [-0.39, 0.29) is 0 Å². The van der Waals surface area contributed by atoms with Gasteiger partial charge in [-0.2, -0.15) is 5.26 Å². The molecule has 13 heavy (non-hydrogen) atoms. The first-order valence-electron chi connectivity index (χ1n) is 4.45. The van der Waals surface area contributed by atoms with Crippen molar-refractivity contribution in [2.75, 3.05) is 0 Å². The fourth-order valence-electron chi connectivity index (χ4n) is 1.30. The molecule has 0 N–H and O–H groups in total. The third-order valence-corrected chi connectivity index (χ3v) is 1.96. The van der Waals surface area contributed by atoms with Gasteiger partial charge in [-0.3, -0.25) is 0 Å². The number of hydrogen-bond acceptors (Lipinski definition) is 1. The van der Waals surface area contributed by atoms with Crippen molar-refractivity contribution in [3.05, 3.63) is 41.5 Å². The van der Waals surface area contributed by atoms with Crippen LogP contribution in [-0.2, 0) is 0 Å². The highest BCUT2D eigenvalue weighted by molar-refractivity contribution is 5.78. The van der Waals surface area contributed by atoms with Gasteiger partial charge in [-0.05, 0) is 24.5 Å². The van der Waals surface area contributed by atoms with E-state index < -0.39 is 0 Å². The van der Waals surface area contributed by atoms with E-state index in [1.165, 1.54) is 0 Å². The molecule has 0 heterocycles. The van der Waals surface area contributed by atoms with Crippen molar-refractivity contribution in [1.82, 2.24) is 0 Å². The van der Waals surface area contributed by atoms with E-state index in [4.69, 9.17) is 5.26 Å². The summed E-state index contributed by atoms with van der Waals surface area (Å²) in [6.45, 7) is 4.06. The molecule has 0 spiro atoms. The SMILES string of the molecule is CC/C=C(/C#N)c1ccccc1C. The largest absolute Gasteiger partial charge is 0.192 e. The van der Waals surface area contributed by atoms with E-state index in [1.807, 2.05) is 44.2 Å². The molecule has 0 fully saturated rings. The van der Waals surface area contributed by atoms with E-state index in [9.17, 15) is 0 Å². The monoisotopic (exact) mass is 171 g/mol. The average molecular weight is 171 g/mol. The van der Waals surface area contributed by atoms with E-state index in [1.54, 1.807) is 0 Å². The van der Waals surface area contributed by atoms with Gasteiger partial charge < -0.3 is 0 Å². The Morgan fingerprint density at radius 1 is 1.46 bits per heavy atom. The van der Waals surface area contributed by atoms with Crippen LogP contribution in [-0.4, -0.2) is 0 Å². The molecule has 0 radical (unpaired) electrons. The molecule has 0 aromatic heterocycles. The van der Waals surface area contributed by atoms with Crippen molar-refractivity contribution in [2.45, 2.75) is 20.3 Å². The fraction of sp³-hybridized carbons (Fsp3) is 0.250. The van der Waals surface area contributed by atoms with Crippen LogP contribution in [0.15, 0.2) is 30.3 Å². The molecule has 0 unspecified atom stereocenters. The summed E-state index contributed by atoms with van der Waals surface area (Å²) in [5.74, 6) is 0. The summed E-state index contributed by atoms with van der Waals surface area (Å²) < 4.78 is 0. The average Bonchev–Trinajstić information content (AvgIpc) is 2.16. The van der Waals surface area contributed by atoms with Gasteiger partial charge in [0.25, 0.3) is 0 Å². The van der Waals surface area contributed by atoms with Crippen LogP contribution in [0.3, 0.4) is 0 Å². The summed E-state index contributed by atoms with van der Waals surface area (Å²) in [5, 5.41) is 8.92. The number of rotatable bonds is 2. The third-order valence-electron chi connectivity index (χ3n) is 1.96. The van der Waals surface area contributed by atoms with E-state index in [0.717, 1.165) is 23.1 Å². The number of nitriles is 1. The van der Waals surface area contributed by atoms with Gasteiger partial charge in [0.15, 0.2) is 0 Å². The summed E-state index contributed by atoms with van der Waals surface area (Å²) in [6.07, 6.45) is 2.86. The molecule has 0 amide bonds. The molecule has 0 aliphatic rings. The standard InChI is InChI=1S/C12H13N/c1-3-6-11(9-13)12-8-5-4-7-10(12)2/h4-8H,3H2,1-2H3/b11-6-. The lowest BCUT2D eigenvalue weighted by molar-refractivity contribution is 1.22. The number of allylic oxidation sites excluding steroid dienone is 2. The van der Waals surface area contributed by atoms with Crippen LogP contribution in [0.4, 0.5) is 0 Å². The second kappa shape index (κ2) is 4.47. The molecule has 0 aliphatic carbocycles. The Hall–Kier alpha value is -1.55. The van der Waals surface area contributed by atoms with Crippen LogP contribution >= 0.6 is 0 Å². The van der Waals surface area contributed by atoms with Gasteiger partial charge in [-0.1, -0.05) is 37.3 Å². The highest BCUT2D eigenvalue weighted by atomic mass is 14.2. The first-order chi connectivity index (χ1) is 6.29. The van der Waals surface area contributed by atoms with E-state index in [2.05, 4.69) is 6.07 Å². The van der Waals surface area contributed by atoms with Crippen molar-refractivity contribution in [2.24, 2.45) is 0 Å². The second-order valence-electron chi connectivity index (χ2n) is 2.95. The molecule has 0 bridgehead atoms. The Morgan fingerprint density at radius 3 is 2.69 bits per heavy atom.